The van der Waals surface area contributed by atoms with Gasteiger partial charge in [-0.15, -0.1) is 0 Å². The van der Waals surface area contributed by atoms with Crippen LogP contribution in [0.5, 0.6) is 0 Å². The van der Waals surface area contributed by atoms with Crippen LogP contribution < -0.4 is 10.6 Å². The summed E-state index contributed by atoms with van der Waals surface area (Å²) in [6.45, 7) is 2.99. The van der Waals surface area contributed by atoms with Crippen LogP contribution in [0.15, 0.2) is 18.2 Å². The highest BCUT2D eigenvalue weighted by Gasteiger charge is 2.13. The molecule has 0 spiro atoms. The van der Waals surface area contributed by atoms with Crippen molar-refractivity contribution < 1.29 is 19.5 Å². The van der Waals surface area contributed by atoms with E-state index >= 15 is 0 Å². The summed E-state index contributed by atoms with van der Waals surface area (Å²) < 4.78 is 0. The van der Waals surface area contributed by atoms with Crippen molar-refractivity contribution in [2.24, 2.45) is 0 Å². The number of hydrogen-bond acceptors (Lipinski definition) is 3. The lowest BCUT2D eigenvalue weighted by Gasteiger charge is -2.10. The molecule has 6 nitrogen and oxygen atoms in total. The van der Waals surface area contributed by atoms with Crippen LogP contribution in [0.2, 0.25) is 0 Å². The lowest BCUT2D eigenvalue weighted by atomic mass is 10.1. The minimum Gasteiger partial charge on any atom is -0.478 e. The number of carboxylic acid groups (broad SMARTS) is 1. The van der Waals surface area contributed by atoms with E-state index in [0.29, 0.717) is 5.69 Å². The number of aromatic carboxylic acids is 1. The van der Waals surface area contributed by atoms with Gasteiger partial charge >= 0.3 is 5.97 Å². The molecule has 0 aliphatic heterocycles. The highest BCUT2D eigenvalue weighted by Crippen LogP contribution is 2.21. The maximum absolute atomic E-state index is 11.2. The largest absolute Gasteiger partial charge is 0.478 e. The molecule has 0 aromatic heterocycles. The van der Waals surface area contributed by atoms with Crippen molar-refractivity contribution in [1.82, 2.24) is 0 Å². The van der Waals surface area contributed by atoms with E-state index in [2.05, 4.69) is 10.6 Å². The van der Waals surface area contributed by atoms with Gasteiger partial charge in [0.25, 0.3) is 0 Å². The molecule has 0 atom stereocenters. The molecule has 0 aliphatic carbocycles. The van der Waals surface area contributed by atoms with Crippen molar-refractivity contribution in [3.8, 4) is 0 Å². The Kier molecular flexibility index (Phi) is 4.42. The average molecular weight is 250 g/mol. The molecule has 0 radical (unpaired) electrons. The summed E-state index contributed by atoms with van der Waals surface area (Å²) in [6.07, 6.45) is 0.256. The van der Waals surface area contributed by atoms with Gasteiger partial charge in [-0.25, -0.2) is 4.79 Å². The lowest BCUT2D eigenvalue weighted by Crippen LogP contribution is -2.14. The zero-order valence-electron chi connectivity index (χ0n) is 10.1. The molecule has 2 amide bonds. The molecule has 1 rings (SSSR count). The number of carboxylic acids is 1. The fraction of sp³-hybridized carbons (Fsp3) is 0.250. The molecule has 0 bridgehead atoms. The molecule has 18 heavy (non-hydrogen) atoms. The molecular formula is C12H14N2O4. The Morgan fingerprint density at radius 1 is 1.22 bits per heavy atom. The molecule has 6 heteroatoms. The lowest BCUT2D eigenvalue weighted by molar-refractivity contribution is -0.116. The summed E-state index contributed by atoms with van der Waals surface area (Å²) in [4.78, 5) is 33.2. The summed E-state index contributed by atoms with van der Waals surface area (Å²) in [5, 5.41) is 14.0. The molecule has 0 aliphatic rings. The topological polar surface area (TPSA) is 95.5 Å². The van der Waals surface area contributed by atoms with Crippen molar-refractivity contribution in [3.63, 3.8) is 0 Å². The van der Waals surface area contributed by atoms with E-state index in [4.69, 9.17) is 5.11 Å². The highest BCUT2D eigenvalue weighted by atomic mass is 16.4. The van der Waals surface area contributed by atoms with Gasteiger partial charge < -0.3 is 15.7 Å². The summed E-state index contributed by atoms with van der Waals surface area (Å²) in [5.74, 6) is -1.74. The zero-order chi connectivity index (χ0) is 13.7. The molecule has 0 unspecified atom stereocenters. The van der Waals surface area contributed by atoms with Gasteiger partial charge in [-0.1, -0.05) is 6.92 Å². The fourth-order valence-electron chi connectivity index (χ4n) is 1.35. The van der Waals surface area contributed by atoms with Crippen molar-refractivity contribution in [1.29, 1.82) is 0 Å². The Morgan fingerprint density at radius 2 is 1.89 bits per heavy atom. The Bertz CT molecular complexity index is 497. The van der Waals surface area contributed by atoms with E-state index in [1.54, 1.807) is 6.92 Å². The van der Waals surface area contributed by atoms with E-state index < -0.39 is 5.97 Å². The fourth-order valence-corrected chi connectivity index (χ4v) is 1.35. The van der Waals surface area contributed by atoms with Crippen LogP contribution in [-0.2, 0) is 9.59 Å². The smallest absolute Gasteiger partial charge is 0.337 e. The average Bonchev–Trinajstić information content (AvgIpc) is 2.29. The summed E-state index contributed by atoms with van der Waals surface area (Å²) in [7, 11) is 0. The Hall–Kier alpha value is -2.37. The van der Waals surface area contributed by atoms with Crippen LogP contribution in [0.25, 0.3) is 0 Å². The van der Waals surface area contributed by atoms with Crippen molar-refractivity contribution >= 4 is 29.2 Å². The molecular weight excluding hydrogens is 236 g/mol. The third kappa shape index (κ3) is 3.58. The van der Waals surface area contributed by atoms with Gasteiger partial charge in [0.15, 0.2) is 0 Å². The SMILES string of the molecule is CCC(=O)Nc1ccc(NC(C)=O)cc1C(=O)O. The first-order valence-electron chi connectivity index (χ1n) is 5.38. The van der Waals surface area contributed by atoms with Crippen molar-refractivity contribution in [2.75, 3.05) is 10.6 Å². The third-order valence-electron chi connectivity index (χ3n) is 2.17. The van der Waals surface area contributed by atoms with Crippen LogP contribution in [-0.4, -0.2) is 22.9 Å². The summed E-state index contributed by atoms with van der Waals surface area (Å²) >= 11 is 0. The number of carbonyl (C=O) groups is 3. The van der Waals surface area contributed by atoms with Gasteiger partial charge in [-0.05, 0) is 18.2 Å². The van der Waals surface area contributed by atoms with E-state index in [-0.39, 0.29) is 29.5 Å². The normalized spacial score (nSPS) is 9.67. The van der Waals surface area contributed by atoms with Gasteiger partial charge in [0.2, 0.25) is 11.8 Å². The van der Waals surface area contributed by atoms with Gasteiger partial charge in [0, 0.05) is 19.0 Å². The molecule has 1 aromatic rings. The number of benzene rings is 1. The summed E-state index contributed by atoms with van der Waals surface area (Å²) in [5.41, 5.74) is 0.515. The van der Waals surface area contributed by atoms with E-state index in [1.165, 1.54) is 25.1 Å². The van der Waals surface area contributed by atoms with Crippen LogP contribution in [0.3, 0.4) is 0 Å². The minimum absolute atomic E-state index is 0.0666. The Morgan fingerprint density at radius 3 is 2.39 bits per heavy atom. The van der Waals surface area contributed by atoms with Crippen molar-refractivity contribution in [2.45, 2.75) is 20.3 Å². The number of nitrogens with one attached hydrogen (secondary N) is 2. The Balaban J connectivity index is 3.08. The van der Waals surface area contributed by atoms with E-state index in [9.17, 15) is 14.4 Å². The second kappa shape index (κ2) is 5.81. The predicted molar refractivity (Wildman–Crippen MR) is 66.6 cm³/mol. The van der Waals surface area contributed by atoms with Crippen LogP contribution in [0.1, 0.15) is 30.6 Å². The monoisotopic (exact) mass is 250 g/mol. The van der Waals surface area contributed by atoms with Gasteiger partial charge in [-0.3, -0.25) is 9.59 Å². The van der Waals surface area contributed by atoms with Crippen LogP contribution in [0.4, 0.5) is 11.4 Å². The molecule has 96 valence electrons. The van der Waals surface area contributed by atoms with E-state index in [0.717, 1.165) is 0 Å². The quantitative estimate of drug-likeness (QED) is 0.757. The first-order chi connectivity index (χ1) is 8.43. The van der Waals surface area contributed by atoms with Gasteiger partial charge in [0.1, 0.15) is 0 Å². The number of hydrogen-bond donors (Lipinski definition) is 3. The van der Waals surface area contributed by atoms with E-state index in [1.807, 2.05) is 0 Å². The molecule has 0 saturated carbocycles. The predicted octanol–water partition coefficient (Wildman–Crippen LogP) is 1.69. The van der Waals surface area contributed by atoms with Crippen LogP contribution in [0, 0.1) is 0 Å². The molecule has 0 saturated heterocycles. The maximum Gasteiger partial charge on any atom is 0.337 e. The second-order valence-corrected chi connectivity index (χ2v) is 3.65. The third-order valence-corrected chi connectivity index (χ3v) is 2.17. The molecule has 1 aromatic carbocycles. The molecule has 0 fully saturated rings. The number of anilines is 2. The van der Waals surface area contributed by atoms with Gasteiger partial charge in [-0.2, -0.15) is 0 Å². The van der Waals surface area contributed by atoms with Gasteiger partial charge in [0.05, 0.1) is 11.3 Å². The Labute approximate surface area is 104 Å². The standard InChI is InChI=1S/C12H14N2O4/c1-3-11(16)14-10-5-4-8(13-7(2)15)6-9(10)12(17)18/h4-6H,3H2,1-2H3,(H,13,15)(H,14,16)(H,17,18). The number of carbonyl (C=O) groups excluding carboxylic acids is 2. The van der Waals surface area contributed by atoms with Crippen molar-refractivity contribution in [3.05, 3.63) is 23.8 Å². The molecule has 3 N–H and O–H groups in total. The maximum atomic E-state index is 11.2. The minimum atomic E-state index is -1.17. The first-order valence-corrected chi connectivity index (χ1v) is 5.38. The first kappa shape index (κ1) is 13.7. The number of amides is 2. The summed E-state index contributed by atoms with van der Waals surface area (Å²) in [6, 6.07) is 4.27. The number of rotatable bonds is 4. The van der Waals surface area contributed by atoms with Crippen LogP contribution >= 0.6 is 0 Å². The molecule has 0 heterocycles. The zero-order valence-corrected chi connectivity index (χ0v) is 10.1. The highest BCUT2D eigenvalue weighted by molar-refractivity contribution is 6.02. The second-order valence-electron chi connectivity index (χ2n) is 3.65.